The predicted octanol–water partition coefficient (Wildman–Crippen LogP) is 17.6. The number of carbonyl (C=O) groups excluding carboxylic acids is 2. The molecule has 0 atom stereocenters. The van der Waals surface area contributed by atoms with Crippen LogP contribution in [0.3, 0.4) is 0 Å². The van der Waals surface area contributed by atoms with Crippen molar-refractivity contribution in [3.63, 3.8) is 0 Å². The van der Waals surface area contributed by atoms with E-state index in [1.165, 1.54) is 113 Å². The number of nitrogens with one attached hydrogen (secondary N) is 1. The number of quaternary nitrogens is 1. The molecule has 2 aliphatic rings. The highest BCUT2D eigenvalue weighted by Crippen LogP contribution is 2.53. The van der Waals surface area contributed by atoms with Crippen LogP contribution in [0.2, 0.25) is 0 Å². The van der Waals surface area contributed by atoms with Crippen molar-refractivity contribution in [2.24, 2.45) is 0 Å². The highest BCUT2D eigenvalue weighted by Gasteiger charge is 2.81. The van der Waals surface area contributed by atoms with Gasteiger partial charge >= 0.3 is 28.7 Å². The molecule has 0 saturated carbocycles. The fraction of sp³-hybridized carbons (Fsp3) is 0.427. The maximum absolute atomic E-state index is 14.1. The van der Waals surface area contributed by atoms with E-state index < -0.39 is 101 Å². The first-order valence-electron chi connectivity index (χ1n) is 37.2. The van der Waals surface area contributed by atoms with Crippen LogP contribution in [0.4, 0.5) is 44.3 Å². The quantitative estimate of drug-likeness (QED) is 0.0277. The van der Waals surface area contributed by atoms with Crippen molar-refractivity contribution >= 4 is 53.0 Å². The van der Waals surface area contributed by atoms with Gasteiger partial charge in [0.25, 0.3) is 10.0 Å². The van der Waals surface area contributed by atoms with Gasteiger partial charge in [0.05, 0.1) is 77.1 Å². The van der Waals surface area contributed by atoms with E-state index in [1.807, 2.05) is 75.4 Å². The Hall–Kier alpha value is -8.14. The third kappa shape index (κ3) is 29.9. The van der Waals surface area contributed by atoms with Gasteiger partial charge in [-0.1, -0.05) is 229 Å². The average Bonchev–Trinajstić information content (AvgIpc) is 1.000. The molecule has 7 aromatic carbocycles. The molecule has 10 rings (SSSR count). The minimum atomic E-state index is -7.23. The maximum atomic E-state index is 14.1. The first kappa shape index (κ1) is 95.4. The number of carboxylic acids is 1. The van der Waals surface area contributed by atoms with Gasteiger partial charge < -0.3 is 38.2 Å². The number of ether oxygens (including phenoxy) is 1. The lowest BCUT2D eigenvalue weighted by molar-refractivity contribution is -0.929. The number of carboxylic acid groups (broad SMARTS) is 1. The van der Waals surface area contributed by atoms with Crippen LogP contribution >= 0.6 is 0 Å². The zero-order valence-corrected chi connectivity index (χ0v) is 68.1. The second kappa shape index (κ2) is 44.7. The van der Waals surface area contributed by atoms with E-state index >= 15 is 0 Å². The minimum Gasteiger partial charge on any atom is -0.545 e. The minimum absolute atomic E-state index is 0.0146. The van der Waals surface area contributed by atoms with Gasteiger partial charge in [0.2, 0.25) is 0 Å². The summed E-state index contributed by atoms with van der Waals surface area (Å²) in [5, 5.41) is 5.53. The first-order chi connectivity index (χ1) is 53.2. The van der Waals surface area contributed by atoms with Crippen LogP contribution < -0.4 is 5.11 Å². The van der Waals surface area contributed by atoms with Crippen LogP contribution in [-0.2, 0) is 45.7 Å². The van der Waals surface area contributed by atoms with Crippen LogP contribution in [0.15, 0.2) is 227 Å². The summed E-state index contributed by atoms with van der Waals surface area (Å²) in [5.74, 6) is -7.46. The van der Waals surface area contributed by atoms with Gasteiger partial charge in [-0.25, -0.2) is 35.0 Å². The lowest BCUT2D eigenvalue weighted by Gasteiger charge is -2.39. The summed E-state index contributed by atoms with van der Waals surface area (Å²) in [6.45, 7) is 15.9. The number of halogens is 9. The van der Waals surface area contributed by atoms with Crippen molar-refractivity contribution in [3.05, 3.63) is 222 Å². The van der Waals surface area contributed by atoms with Crippen molar-refractivity contribution in [1.29, 1.82) is 0 Å². The van der Waals surface area contributed by atoms with Gasteiger partial charge in [-0.3, -0.25) is 4.90 Å². The number of aromatic nitrogens is 2. The van der Waals surface area contributed by atoms with Crippen molar-refractivity contribution in [1.82, 2.24) is 24.1 Å². The third-order valence-corrected chi connectivity index (χ3v) is 24.5. The second-order valence-electron chi connectivity index (χ2n) is 27.8. The van der Waals surface area contributed by atoms with E-state index in [0.29, 0.717) is 30.8 Å². The number of piperazine rings is 1. The highest BCUT2D eigenvalue weighted by atomic mass is 32.3. The third-order valence-electron chi connectivity index (χ3n) is 17.6. The fourth-order valence-electron chi connectivity index (χ4n) is 11.7. The van der Waals surface area contributed by atoms with Gasteiger partial charge in [0, 0.05) is 62.2 Å². The monoisotopic (exact) mass is 1660 g/mol. The number of aromatic amines is 1. The van der Waals surface area contributed by atoms with Crippen LogP contribution in [0.25, 0.3) is 38.0 Å². The molecule has 18 nitrogen and oxygen atoms in total. The number of hydrogen-bond acceptors (Lipinski definition) is 13. The Kier molecular flexibility index (Phi) is 37.7. The zero-order valence-electron chi connectivity index (χ0n) is 64.9. The Morgan fingerprint density at radius 1 is 0.540 bits per heavy atom. The van der Waals surface area contributed by atoms with E-state index in [4.69, 9.17) is 9.72 Å². The van der Waals surface area contributed by atoms with Gasteiger partial charge in [-0.05, 0) is 101 Å². The Morgan fingerprint density at radius 2 is 0.903 bits per heavy atom. The highest BCUT2D eigenvalue weighted by molar-refractivity contribution is 8.12. The summed E-state index contributed by atoms with van der Waals surface area (Å²) in [4.78, 5) is 36.3. The Balaban J connectivity index is 0.000000251. The fourth-order valence-corrected chi connectivity index (χ4v) is 17.5. The molecule has 2 fully saturated rings. The number of aliphatic hydroxyl groups excluding tert-OH is 1. The molecule has 8 aromatic rings. The van der Waals surface area contributed by atoms with E-state index in [-0.39, 0.29) is 34.9 Å². The number of H-pyrrole nitrogens is 1. The number of benzene rings is 7. The van der Waals surface area contributed by atoms with E-state index in [9.17, 15) is 84.6 Å². The van der Waals surface area contributed by atoms with Crippen molar-refractivity contribution in [2.45, 2.75) is 162 Å². The number of unbranched alkanes of at least 4 members (excludes halogenated alkanes) is 4. The zero-order chi connectivity index (χ0) is 83.7. The molecule has 620 valence electrons. The van der Waals surface area contributed by atoms with Crippen molar-refractivity contribution in [2.75, 3.05) is 78.2 Å². The van der Waals surface area contributed by atoms with Crippen molar-refractivity contribution < 1.29 is 93.8 Å². The van der Waals surface area contributed by atoms with Crippen molar-refractivity contribution in [3.8, 4) is 33.9 Å². The number of likely N-dealkylation sites (tertiary alicyclic amines) is 1. The summed E-state index contributed by atoms with van der Waals surface area (Å²) < 4.78 is 196. The summed E-state index contributed by atoms with van der Waals surface area (Å²) in [7, 11) is -19.3. The largest absolute Gasteiger partial charge is 0.545 e. The first-order valence-corrected chi connectivity index (χ1v) is 43.2. The van der Waals surface area contributed by atoms with Crippen LogP contribution in [-0.4, -0.2) is 184 Å². The molecule has 0 spiro atoms. The van der Waals surface area contributed by atoms with Crippen LogP contribution in [0.1, 0.15) is 123 Å². The molecule has 1 aromatic heterocycles. The normalized spacial score (nSPS) is 14.2. The number of hydrogen-bond donors (Lipinski definition) is 2. The summed E-state index contributed by atoms with van der Waals surface area (Å²) in [6.07, 6.45) is 6.93. The Morgan fingerprint density at radius 3 is 1.25 bits per heavy atom. The predicted molar refractivity (Wildman–Crippen MR) is 425 cm³/mol. The average molecular weight is 1660 g/mol. The number of piperidine rings is 1. The van der Waals surface area contributed by atoms with Crippen LogP contribution in [0, 0.1) is 0 Å². The molecule has 1 amide bonds. The number of carbonyl (C=O) groups is 2. The molecule has 0 aliphatic carbocycles. The number of imidazole rings is 1. The van der Waals surface area contributed by atoms with Gasteiger partial charge in [-0.15, -0.1) is 0 Å². The van der Waals surface area contributed by atoms with Gasteiger partial charge in [0.15, 0.2) is 24.7 Å². The molecular weight excluding hydrogens is 1560 g/mol. The number of sulfonamides is 3. The molecule has 0 radical (unpaired) electrons. The molecule has 3 heterocycles. The molecule has 31 heteroatoms. The summed E-state index contributed by atoms with van der Waals surface area (Å²) in [5.41, 5.74) is 5.16. The lowest BCUT2D eigenvalue weighted by atomic mass is 10.1. The SMILES string of the molecule is CC(C)(C)OC(=O)N1CCC(O)CC1.CCCC[N+](CCCC)(CCCC)CCCC.CS(=O)(=O)[N-]S(=O)(=O)C(F)(F)C(F)(F)C(F)(F)S(=O)(=O)N1CCN(CC(F)(F)F)CC1.O=C([O-])c1ccccc1.c1ccc(-c2nc(-c3ccccc3)c(-c3ccccc3)[nH]2)cc1.c1ccc([S+](c2ccccc2)c2ccccc2)cc1. The molecule has 0 unspecified atom stereocenters. The maximum Gasteiger partial charge on any atom is 0.428 e. The lowest BCUT2D eigenvalue weighted by Crippen LogP contribution is -2.64. The summed E-state index contributed by atoms with van der Waals surface area (Å²) in [6, 6.07) is 71.1. The van der Waals surface area contributed by atoms with E-state index in [1.54, 1.807) is 23.1 Å². The molecule has 2 saturated heterocycles. The molecular formula is C82H104F9N7O11S4. The van der Waals surface area contributed by atoms with Crippen LogP contribution in [0.5, 0.6) is 0 Å². The number of rotatable bonds is 27. The Labute approximate surface area is 662 Å². The number of nitrogens with zero attached hydrogens (tertiary/aromatic N) is 6. The smallest absolute Gasteiger partial charge is 0.428 e. The topological polar surface area (TPSA) is 242 Å². The summed E-state index contributed by atoms with van der Waals surface area (Å²) >= 11 is 0. The Bertz CT molecular complexity index is 4250. The van der Waals surface area contributed by atoms with Gasteiger partial charge in [-0.2, -0.15) is 43.8 Å². The van der Waals surface area contributed by atoms with E-state index in [2.05, 4.69) is 160 Å². The number of aromatic carboxylic acids is 1. The van der Waals surface area contributed by atoms with Gasteiger partial charge in [0.1, 0.15) is 11.4 Å². The molecule has 113 heavy (non-hydrogen) atoms. The van der Waals surface area contributed by atoms with E-state index in [0.717, 1.165) is 33.9 Å². The number of amides is 1. The molecule has 2 aliphatic heterocycles. The standard InChI is InChI=1S/C21H16N2.C18H15S.C16H36N.C10H13F9N3O6S3.C10H19NO3.C7H6O2/c1-4-10-16(11-5-1)19-20(17-12-6-2-7-13-17)23-21(22-19)18-14-8-3-9-15-18;1-4-10-16(11-5-1)19(17-12-6-2-7-13-17)18-14-8-3-9-15-18;1-5-9-13-17(14-10-6-2,15-11-7-3)16-12-8-4;1-29(23,24)20-30(25,26)9(16,17)8(14,15)10(18,19)31(27,28)22-4-2-21(3-5-22)6-7(11,12)13;1-10(2,3)14-9(13)11-6-4-8(12)5-7-11;8-7(9)6-4-2-1-3-5-6/h1-15H,(H,22,23);1-15H;5-16H2,1-4H3;2-6H2,1H3;8,12H,4-7H2,1-3H3;1-5H,(H,8,9)/q;2*+1;-1;;/p-1. The molecule has 0 bridgehead atoms. The second-order valence-corrected chi connectivity index (χ2v) is 35.4. The molecule has 2 N–H and O–H groups in total. The number of alkyl halides is 9. The number of aliphatic hydroxyl groups is 1.